The molecule has 4 rings (SSSR count). The van der Waals surface area contributed by atoms with Crippen molar-refractivity contribution < 1.29 is 22.3 Å². The molecule has 0 aliphatic carbocycles. The molecule has 1 atom stereocenters. The van der Waals surface area contributed by atoms with E-state index in [1.807, 2.05) is 30.5 Å². The number of rotatable bonds is 6. The molecule has 0 radical (unpaired) electrons. The Morgan fingerprint density at radius 3 is 2.73 bits per heavy atom. The van der Waals surface area contributed by atoms with E-state index in [9.17, 15) is 17.6 Å². The van der Waals surface area contributed by atoms with E-state index in [4.69, 9.17) is 4.74 Å². The van der Waals surface area contributed by atoms with Gasteiger partial charge in [-0.15, -0.1) is 11.3 Å². The summed E-state index contributed by atoms with van der Waals surface area (Å²) >= 11 is 1.30. The number of thiazole rings is 1. The second-order valence-electron chi connectivity index (χ2n) is 7.89. The van der Waals surface area contributed by atoms with Gasteiger partial charge in [0, 0.05) is 24.0 Å². The number of hydrogen-bond donors (Lipinski definition) is 1. The number of carbonyl (C=O) groups is 1. The molecule has 2 heterocycles. The van der Waals surface area contributed by atoms with Crippen LogP contribution in [0.5, 0.6) is 5.75 Å². The van der Waals surface area contributed by atoms with E-state index in [2.05, 4.69) is 10.3 Å². The minimum absolute atomic E-state index is 0.0154. The molecular weight excluding hydrogens is 465 g/mol. The van der Waals surface area contributed by atoms with E-state index in [1.54, 1.807) is 7.11 Å². The van der Waals surface area contributed by atoms with Gasteiger partial charge < -0.3 is 10.1 Å². The van der Waals surface area contributed by atoms with Gasteiger partial charge >= 0.3 is 0 Å². The Kier molecular flexibility index (Phi) is 6.78. The van der Waals surface area contributed by atoms with Crippen LogP contribution >= 0.6 is 11.3 Å². The molecule has 1 N–H and O–H groups in total. The van der Waals surface area contributed by atoms with Crippen molar-refractivity contribution in [2.45, 2.75) is 24.7 Å². The summed E-state index contributed by atoms with van der Waals surface area (Å²) in [5, 5.41) is 5.12. The van der Waals surface area contributed by atoms with Crippen molar-refractivity contribution in [3.63, 3.8) is 0 Å². The highest BCUT2D eigenvalue weighted by molar-refractivity contribution is 7.89. The predicted molar refractivity (Wildman–Crippen MR) is 125 cm³/mol. The number of aryl methyl sites for hydroxylation is 1. The summed E-state index contributed by atoms with van der Waals surface area (Å²) < 4.78 is 45.7. The van der Waals surface area contributed by atoms with Gasteiger partial charge in [-0.1, -0.05) is 11.6 Å². The quantitative estimate of drug-likeness (QED) is 0.558. The van der Waals surface area contributed by atoms with E-state index in [-0.39, 0.29) is 17.3 Å². The van der Waals surface area contributed by atoms with Crippen molar-refractivity contribution in [2.75, 3.05) is 25.5 Å². The van der Waals surface area contributed by atoms with Crippen LogP contribution in [0.4, 0.5) is 9.52 Å². The van der Waals surface area contributed by atoms with Gasteiger partial charge in [0.15, 0.2) is 5.13 Å². The van der Waals surface area contributed by atoms with Crippen LogP contribution in [-0.4, -0.2) is 43.8 Å². The predicted octanol–water partition coefficient (Wildman–Crippen LogP) is 4.31. The van der Waals surface area contributed by atoms with Crippen molar-refractivity contribution >= 4 is 32.4 Å². The molecule has 0 saturated carbocycles. The molecule has 1 fully saturated rings. The summed E-state index contributed by atoms with van der Waals surface area (Å²) in [5.41, 5.74) is 2.59. The fourth-order valence-corrected chi connectivity index (χ4v) is 6.05. The molecule has 0 bridgehead atoms. The Bertz CT molecular complexity index is 1260. The number of aromatic nitrogens is 1. The third kappa shape index (κ3) is 5.07. The van der Waals surface area contributed by atoms with Crippen LogP contribution in [-0.2, 0) is 14.8 Å². The van der Waals surface area contributed by atoms with E-state index >= 15 is 0 Å². The topological polar surface area (TPSA) is 88.6 Å². The third-order valence-corrected chi connectivity index (χ3v) is 8.21. The lowest BCUT2D eigenvalue weighted by Crippen LogP contribution is -2.43. The molecular formula is C23H24FN3O4S2. The highest BCUT2D eigenvalue weighted by atomic mass is 32.2. The van der Waals surface area contributed by atoms with Gasteiger partial charge in [0.2, 0.25) is 15.9 Å². The zero-order chi connectivity index (χ0) is 23.6. The normalized spacial score (nSPS) is 17.0. The molecule has 0 spiro atoms. The van der Waals surface area contributed by atoms with Crippen LogP contribution in [0.3, 0.4) is 0 Å². The molecule has 2 aromatic carbocycles. The highest BCUT2D eigenvalue weighted by Crippen LogP contribution is 2.33. The number of methoxy groups -OCH3 is 1. The molecule has 10 heteroatoms. The average Bonchev–Trinajstić information content (AvgIpc) is 3.27. The maximum absolute atomic E-state index is 13.2. The Morgan fingerprint density at radius 2 is 2.00 bits per heavy atom. The van der Waals surface area contributed by atoms with E-state index in [0.717, 1.165) is 23.3 Å². The number of sulfonamides is 1. The van der Waals surface area contributed by atoms with Crippen LogP contribution in [0.15, 0.2) is 52.7 Å². The zero-order valence-corrected chi connectivity index (χ0v) is 19.9. The lowest BCUT2D eigenvalue weighted by Gasteiger charge is -2.31. The maximum atomic E-state index is 13.2. The first kappa shape index (κ1) is 23.3. The number of carbonyl (C=O) groups excluding carboxylic acids is 1. The van der Waals surface area contributed by atoms with Crippen LogP contribution < -0.4 is 10.1 Å². The molecule has 1 aromatic heterocycles. The largest absolute Gasteiger partial charge is 0.496 e. The van der Waals surface area contributed by atoms with Crippen LogP contribution in [0, 0.1) is 18.7 Å². The number of anilines is 1. The van der Waals surface area contributed by atoms with E-state index in [0.29, 0.717) is 36.0 Å². The molecule has 3 aromatic rings. The van der Waals surface area contributed by atoms with Crippen molar-refractivity contribution in [1.29, 1.82) is 0 Å². The first-order valence-corrected chi connectivity index (χ1v) is 12.8. The van der Waals surface area contributed by atoms with Crippen molar-refractivity contribution in [3.8, 4) is 17.0 Å². The summed E-state index contributed by atoms with van der Waals surface area (Å²) in [6.45, 7) is 2.36. The number of halogens is 1. The zero-order valence-electron chi connectivity index (χ0n) is 18.2. The average molecular weight is 490 g/mol. The summed E-state index contributed by atoms with van der Waals surface area (Å²) in [4.78, 5) is 17.4. The molecule has 1 unspecified atom stereocenters. The summed E-state index contributed by atoms with van der Waals surface area (Å²) in [5.74, 6) is -0.588. The van der Waals surface area contributed by atoms with Crippen LogP contribution in [0.1, 0.15) is 18.4 Å². The number of nitrogens with one attached hydrogen (secondary N) is 1. The second-order valence-corrected chi connectivity index (χ2v) is 10.7. The first-order chi connectivity index (χ1) is 15.8. The highest BCUT2D eigenvalue weighted by Gasteiger charge is 2.33. The van der Waals surface area contributed by atoms with Gasteiger partial charge in [-0.25, -0.2) is 17.8 Å². The maximum Gasteiger partial charge on any atom is 0.243 e. The molecule has 1 saturated heterocycles. The third-order valence-electron chi connectivity index (χ3n) is 5.57. The molecule has 1 amide bonds. The number of ether oxygens (including phenoxy) is 1. The minimum atomic E-state index is -3.80. The number of piperidine rings is 1. The van der Waals surface area contributed by atoms with Gasteiger partial charge in [0.1, 0.15) is 11.6 Å². The fraction of sp³-hybridized carbons (Fsp3) is 0.304. The molecule has 174 valence electrons. The molecule has 7 nitrogen and oxygen atoms in total. The van der Waals surface area contributed by atoms with Gasteiger partial charge in [0.05, 0.1) is 23.6 Å². The van der Waals surface area contributed by atoms with Crippen LogP contribution in [0.2, 0.25) is 0 Å². The summed E-state index contributed by atoms with van der Waals surface area (Å²) in [6.07, 6.45) is 1.13. The van der Waals surface area contributed by atoms with Gasteiger partial charge in [-0.2, -0.15) is 4.31 Å². The van der Waals surface area contributed by atoms with E-state index < -0.39 is 21.8 Å². The lowest BCUT2D eigenvalue weighted by molar-refractivity contribution is -0.120. The smallest absolute Gasteiger partial charge is 0.243 e. The van der Waals surface area contributed by atoms with Crippen LogP contribution in [0.25, 0.3) is 11.3 Å². The number of hydrogen-bond acceptors (Lipinski definition) is 6. The van der Waals surface area contributed by atoms with Gasteiger partial charge in [-0.05, 0) is 56.2 Å². The van der Waals surface area contributed by atoms with Crippen molar-refractivity contribution in [2.24, 2.45) is 5.92 Å². The standard InChI is InChI=1S/C23H24FN3O4S2/c1-15-5-10-21(31-2)19(12-15)20-14-32-23(25-20)26-22(28)16-4-3-11-27(13-16)33(29,30)18-8-6-17(24)7-9-18/h5-10,12,14,16H,3-4,11,13H2,1-2H3,(H,25,26,28). The Balaban J connectivity index is 1.46. The van der Waals surface area contributed by atoms with Crippen molar-refractivity contribution in [3.05, 3.63) is 59.2 Å². The van der Waals surface area contributed by atoms with Crippen molar-refractivity contribution in [1.82, 2.24) is 9.29 Å². The second kappa shape index (κ2) is 9.58. The number of amides is 1. The fourth-order valence-electron chi connectivity index (χ4n) is 3.81. The lowest BCUT2D eigenvalue weighted by atomic mass is 9.99. The Labute approximate surface area is 196 Å². The number of benzene rings is 2. The van der Waals surface area contributed by atoms with E-state index in [1.165, 1.54) is 27.8 Å². The Hall–Kier alpha value is -2.82. The Morgan fingerprint density at radius 1 is 1.24 bits per heavy atom. The molecule has 1 aliphatic heterocycles. The summed E-state index contributed by atoms with van der Waals surface area (Å²) in [7, 11) is -2.21. The first-order valence-electron chi connectivity index (χ1n) is 10.4. The van der Waals surface area contributed by atoms with Gasteiger partial charge in [0.25, 0.3) is 0 Å². The summed E-state index contributed by atoms with van der Waals surface area (Å²) in [6, 6.07) is 10.5. The SMILES string of the molecule is COc1ccc(C)cc1-c1csc(NC(=O)C2CCCN(S(=O)(=O)c3ccc(F)cc3)C2)n1. The monoisotopic (exact) mass is 489 g/mol. The number of nitrogens with zero attached hydrogens (tertiary/aromatic N) is 2. The van der Waals surface area contributed by atoms with Gasteiger partial charge in [-0.3, -0.25) is 4.79 Å². The molecule has 33 heavy (non-hydrogen) atoms. The molecule has 1 aliphatic rings. The minimum Gasteiger partial charge on any atom is -0.496 e.